The Morgan fingerprint density at radius 3 is 2.07 bits per heavy atom. The van der Waals surface area contributed by atoms with Crippen molar-refractivity contribution in [3.8, 4) is 0 Å². The van der Waals surface area contributed by atoms with Crippen molar-refractivity contribution in [1.29, 1.82) is 0 Å². The molecule has 0 saturated carbocycles. The molecule has 0 saturated heterocycles. The largest absolute Gasteiger partial charge is 0.322 e. The molecule has 0 aliphatic carbocycles. The van der Waals surface area contributed by atoms with Gasteiger partial charge in [0, 0.05) is 40.0 Å². The number of nitrogens with one attached hydrogen (secondary N) is 2. The molecule has 0 aliphatic rings. The van der Waals surface area contributed by atoms with E-state index in [-0.39, 0.29) is 11.8 Å². The molecule has 0 bridgehead atoms. The van der Waals surface area contributed by atoms with Gasteiger partial charge in [-0.05, 0) is 55.5 Å². The molecule has 1 heterocycles. The SMILES string of the molecule is Cc1ccc(NC(=O)c2cccc(C(=O)Nc3ccc4c(ccc[n+]4C)c3)c2)cc1. The molecule has 4 rings (SSSR count). The molecule has 5 heteroatoms. The van der Waals surface area contributed by atoms with Gasteiger partial charge in [0.05, 0.1) is 0 Å². The van der Waals surface area contributed by atoms with Crippen LogP contribution >= 0.6 is 0 Å². The van der Waals surface area contributed by atoms with Crippen LogP contribution in [0, 0.1) is 6.92 Å². The highest BCUT2D eigenvalue weighted by molar-refractivity contribution is 6.09. The van der Waals surface area contributed by atoms with E-state index < -0.39 is 0 Å². The van der Waals surface area contributed by atoms with E-state index >= 15 is 0 Å². The van der Waals surface area contributed by atoms with Crippen molar-refractivity contribution in [1.82, 2.24) is 0 Å². The third kappa shape index (κ3) is 4.20. The lowest BCUT2D eigenvalue weighted by Crippen LogP contribution is -2.27. The number of anilines is 2. The Kier molecular flexibility index (Phi) is 5.26. The van der Waals surface area contributed by atoms with Gasteiger partial charge in [0.1, 0.15) is 7.05 Å². The molecule has 1 aromatic heterocycles. The van der Waals surface area contributed by atoms with Crippen LogP contribution in [0.5, 0.6) is 0 Å². The van der Waals surface area contributed by atoms with Gasteiger partial charge in [0.2, 0.25) is 5.52 Å². The van der Waals surface area contributed by atoms with E-state index in [1.165, 1.54) is 0 Å². The van der Waals surface area contributed by atoms with Gasteiger partial charge in [0.15, 0.2) is 6.20 Å². The molecular formula is C25H22N3O2+. The lowest BCUT2D eigenvalue weighted by atomic mass is 10.1. The number of aromatic nitrogens is 1. The predicted octanol–water partition coefficient (Wildman–Crippen LogP) is 4.48. The Morgan fingerprint density at radius 2 is 1.37 bits per heavy atom. The lowest BCUT2D eigenvalue weighted by Gasteiger charge is -2.09. The molecule has 3 aromatic carbocycles. The van der Waals surface area contributed by atoms with Gasteiger partial charge in [-0.15, -0.1) is 0 Å². The first-order valence-electron chi connectivity index (χ1n) is 9.67. The minimum atomic E-state index is -0.264. The fourth-order valence-electron chi connectivity index (χ4n) is 3.29. The van der Waals surface area contributed by atoms with Crippen molar-refractivity contribution < 1.29 is 14.2 Å². The molecule has 0 atom stereocenters. The number of amides is 2. The highest BCUT2D eigenvalue weighted by Crippen LogP contribution is 2.18. The number of carbonyl (C=O) groups is 2. The fraction of sp³-hybridized carbons (Fsp3) is 0.0800. The van der Waals surface area contributed by atoms with Crippen molar-refractivity contribution in [3.05, 3.63) is 102 Å². The van der Waals surface area contributed by atoms with Crippen molar-refractivity contribution >= 4 is 34.1 Å². The van der Waals surface area contributed by atoms with Gasteiger partial charge in [0.25, 0.3) is 11.8 Å². The molecule has 30 heavy (non-hydrogen) atoms. The van der Waals surface area contributed by atoms with Crippen LogP contribution < -0.4 is 15.2 Å². The third-order valence-corrected chi connectivity index (χ3v) is 4.95. The third-order valence-electron chi connectivity index (χ3n) is 4.95. The average Bonchev–Trinajstić information content (AvgIpc) is 2.75. The van der Waals surface area contributed by atoms with Crippen molar-refractivity contribution in [2.24, 2.45) is 7.05 Å². The van der Waals surface area contributed by atoms with E-state index in [0.717, 1.165) is 16.5 Å². The Balaban J connectivity index is 1.51. The van der Waals surface area contributed by atoms with E-state index in [1.54, 1.807) is 24.3 Å². The molecule has 0 fully saturated rings. The van der Waals surface area contributed by atoms with Crippen molar-refractivity contribution in [3.63, 3.8) is 0 Å². The fourth-order valence-corrected chi connectivity index (χ4v) is 3.29. The van der Waals surface area contributed by atoms with Crippen LogP contribution in [0.2, 0.25) is 0 Å². The Hall–Kier alpha value is -3.99. The molecule has 148 valence electrons. The summed E-state index contributed by atoms with van der Waals surface area (Å²) in [6, 6.07) is 24.0. The molecule has 0 radical (unpaired) electrons. The summed E-state index contributed by atoms with van der Waals surface area (Å²) in [6.07, 6.45) is 1.98. The summed E-state index contributed by atoms with van der Waals surface area (Å²) < 4.78 is 2.02. The number of hydrogen-bond acceptors (Lipinski definition) is 2. The van der Waals surface area contributed by atoms with Crippen LogP contribution in [0.3, 0.4) is 0 Å². The van der Waals surface area contributed by atoms with Crippen LogP contribution in [0.15, 0.2) is 85.1 Å². The number of benzene rings is 3. The minimum absolute atomic E-state index is 0.258. The topological polar surface area (TPSA) is 62.1 Å². The molecule has 0 unspecified atom stereocenters. The minimum Gasteiger partial charge on any atom is -0.322 e. The summed E-state index contributed by atoms with van der Waals surface area (Å²) in [7, 11) is 1.98. The molecule has 2 N–H and O–H groups in total. The molecule has 4 aromatic rings. The van der Waals surface area contributed by atoms with Crippen LogP contribution in [0.4, 0.5) is 11.4 Å². The zero-order valence-electron chi connectivity index (χ0n) is 16.8. The number of pyridine rings is 1. The number of aryl methyl sites for hydroxylation is 2. The smallest absolute Gasteiger partial charge is 0.255 e. The number of nitrogens with zero attached hydrogens (tertiary/aromatic N) is 1. The number of rotatable bonds is 4. The van der Waals surface area contributed by atoms with Gasteiger partial charge in [-0.3, -0.25) is 9.59 Å². The van der Waals surface area contributed by atoms with Gasteiger partial charge >= 0.3 is 0 Å². The van der Waals surface area contributed by atoms with Gasteiger partial charge < -0.3 is 10.6 Å². The van der Waals surface area contributed by atoms with Crippen LogP contribution in [-0.4, -0.2) is 11.8 Å². The van der Waals surface area contributed by atoms with Gasteiger partial charge in [-0.25, -0.2) is 4.57 Å². The molecule has 2 amide bonds. The lowest BCUT2D eigenvalue weighted by molar-refractivity contribution is -0.644. The van der Waals surface area contributed by atoms with E-state index in [4.69, 9.17) is 0 Å². The first-order valence-corrected chi connectivity index (χ1v) is 9.67. The predicted molar refractivity (Wildman–Crippen MR) is 119 cm³/mol. The standard InChI is InChI=1S/C25H21N3O2/c1-17-8-10-21(11-9-17)26-24(29)19-5-3-6-20(15-19)25(30)27-22-12-13-23-18(16-22)7-4-14-28(23)2/h3-16H,1-2H3,(H-,26,27,29,30)/p+1. The molecule has 0 aliphatic heterocycles. The summed E-state index contributed by atoms with van der Waals surface area (Å²) in [5, 5.41) is 6.80. The number of fused-ring (bicyclic) bond motifs is 1. The van der Waals surface area contributed by atoms with E-state index in [2.05, 4.69) is 10.6 Å². The second-order valence-corrected chi connectivity index (χ2v) is 7.25. The summed E-state index contributed by atoms with van der Waals surface area (Å²) in [5.41, 5.74) is 4.46. The molecule has 5 nitrogen and oxygen atoms in total. The monoisotopic (exact) mass is 396 g/mol. The summed E-state index contributed by atoms with van der Waals surface area (Å²) >= 11 is 0. The second-order valence-electron chi connectivity index (χ2n) is 7.25. The van der Waals surface area contributed by atoms with Crippen LogP contribution in [0.25, 0.3) is 10.9 Å². The van der Waals surface area contributed by atoms with E-state index in [1.807, 2.05) is 79.3 Å². The summed E-state index contributed by atoms with van der Waals surface area (Å²) in [6.45, 7) is 1.99. The average molecular weight is 396 g/mol. The zero-order chi connectivity index (χ0) is 21.1. The van der Waals surface area contributed by atoms with Gasteiger partial charge in [-0.2, -0.15) is 0 Å². The Labute approximate surface area is 175 Å². The van der Waals surface area contributed by atoms with Crippen LogP contribution in [0.1, 0.15) is 26.3 Å². The number of carbonyl (C=O) groups excluding carboxylic acids is 2. The maximum Gasteiger partial charge on any atom is 0.255 e. The maximum absolute atomic E-state index is 12.7. The highest BCUT2D eigenvalue weighted by Gasteiger charge is 2.12. The van der Waals surface area contributed by atoms with Gasteiger partial charge in [-0.1, -0.05) is 23.8 Å². The quantitative estimate of drug-likeness (QED) is 0.500. The summed E-state index contributed by atoms with van der Waals surface area (Å²) in [5.74, 6) is -0.522. The van der Waals surface area contributed by atoms with E-state index in [0.29, 0.717) is 22.5 Å². The summed E-state index contributed by atoms with van der Waals surface area (Å²) in [4.78, 5) is 25.3. The number of hydrogen-bond donors (Lipinski definition) is 2. The second kappa shape index (κ2) is 8.17. The van der Waals surface area contributed by atoms with Crippen LogP contribution in [-0.2, 0) is 7.05 Å². The highest BCUT2D eigenvalue weighted by atomic mass is 16.2. The maximum atomic E-state index is 12.7. The normalized spacial score (nSPS) is 10.6. The first-order chi connectivity index (χ1) is 14.5. The van der Waals surface area contributed by atoms with Crippen molar-refractivity contribution in [2.75, 3.05) is 10.6 Å². The van der Waals surface area contributed by atoms with E-state index in [9.17, 15) is 9.59 Å². The Morgan fingerprint density at radius 1 is 0.733 bits per heavy atom. The zero-order valence-corrected chi connectivity index (χ0v) is 16.8. The molecule has 0 spiro atoms. The Bertz CT molecular complexity index is 1250. The molecular weight excluding hydrogens is 374 g/mol. The first kappa shape index (κ1) is 19.3. The van der Waals surface area contributed by atoms with Crippen molar-refractivity contribution in [2.45, 2.75) is 6.92 Å².